The molecule has 0 fully saturated rings. The van der Waals surface area contributed by atoms with Gasteiger partial charge in [-0.1, -0.05) is 71.6 Å². The summed E-state index contributed by atoms with van der Waals surface area (Å²) in [7, 11) is 0. The van der Waals surface area contributed by atoms with E-state index in [4.69, 9.17) is 9.47 Å². The van der Waals surface area contributed by atoms with Crippen LogP contribution in [0.5, 0.6) is 11.5 Å². The van der Waals surface area contributed by atoms with Crippen LogP contribution in [-0.4, -0.2) is 49.7 Å². The Hall–Kier alpha value is -4.22. The highest BCUT2D eigenvalue weighted by Gasteiger charge is 2.14. The number of hydrogen-bond donors (Lipinski definition) is 2. The van der Waals surface area contributed by atoms with Crippen molar-refractivity contribution in [3.05, 3.63) is 65.1 Å². The number of aliphatic hydroxyl groups excluding tert-OH is 2. The first-order valence-electron chi connectivity index (χ1n) is 17.8. The minimum atomic E-state index is -0.198. The number of rotatable bonds is 25. The van der Waals surface area contributed by atoms with Crippen molar-refractivity contribution in [3.8, 4) is 11.5 Å². The lowest BCUT2D eigenvalue weighted by atomic mass is 10.1. The standard InChI is InChI=1S/C38H54N6O5/c1-4-6-8-10-12-14-22-44(21-13-11-9-7-5-2)33-19-20-34(30(3)27-33)40-42-36-29-37(48-25-23-45)35(28-38(36)49-26-24-46)41-39-31-15-17-32(43-47)18-16-31/h15-20,27-29,45-46H,4-14,21-26H2,1-3H3. The van der Waals surface area contributed by atoms with E-state index < -0.39 is 0 Å². The van der Waals surface area contributed by atoms with Gasteiger partial charge >= 0.3 is 0 Å². The number of unbranched alkanes of at least 4 members (excludes halogenated alkanes) is 9. The smallest absolute Gasteiger partial charge is 0.149 e. The zero-order chi connectivity index (χ0) is 35.1. The van der Waals surface area contributed by atoms with Gasteiger partial charge in [-0.15, -0.1) is 15.1 Å². The van der Waals surface area contributed by atoms with Crippen molar-refractivity contribution in [3.63, 3.8) is 0 Å². The van der Waals surface area contributed by atoms with Crippen molar-refractivity contribution >= 4 is 34.1 Å². The normalized spacial score (nSPS) is 11.4. The van der Waals surface area contributed by atoms with E-state index in [-0.39, 0.29) is 32.1 Å². The molecule has 3 rings (SSSR count). The minimum absolute atomic E-state index is 0.0318. The van der Waals surface area contributed by atoms with E-state index in [2.05, 4.69) is 56.5 Å². The number of ether oxygens (including phenoxy) is 2. The van der Waals surface area contributed by atoms with E-state index in [1.165, 1.54) is 76.3 Å². The predicted molar refractivity (Wildman–Crippen MR) is 197 cm³/mol. The summed E-state index contributed by atoms with van der Waals surface area (Å²) in [5, 5.41) is 39.4. The first kappa shape index (κ1) is 39.2. The van der Waals surface area contributed by atoms with Crippen LogP contribution in [-0.2, 0) is 0 Å². The van der Waals surface area contributed by atoms with Gasteiger partial charge in [0.1, 0.15) is 41.8 Å². The average Bonchev–Trinajstić information content (AvgIpc) is 3.12. The maximum Gasteiger partial charge on any atom is 0.149 e. The Labute approximate surface area is 291 Å². The Morgan fingerprint density at radius 1 is 0.592 bits per heavy atom. The molecule has 0 radical (unpaired) electrons. The molecular formula is C38H54N6O5. The molecule has 0 bridgehead atoms. The average molecular weight is 675 g/mol. The zero-order valence-electron chi connectivity index (χ0n) is 29.5. The third kappa shape index (κ3) is 14.0. The van der Waals surface area contributed by atoms with E-state index in [0.29, 0.717) is 28.6 Å². The molecule has 0 heterocycles. The molecule has 0 atom stereocenters. The summed E-state index contributed by atoms with van der Waals surface area (Å²) in [5.41, 5.74) is 4.45. The summed E-state index contributed by atoms with van der Waals surface area (Å²) in [6.07, 6.45) is 13.9. The van der Waals surface area contributed by atoms with Crippen LogP contribution in [0.2, 0.25) is 0 Å². The Balaban J connectivity index is 1.84. The van der Waals surface area contributed by atoms with Crippen LogP contribution in [0, 0.1) is 11.8 Å². The highest BCUT2D eigenvalue weighted by atomic mass is 16.5. The van der Waals surface area contributed by atoms with E-state index in [1.807, 2.05) is 13.0 Å². The summed E-state index contributed by atoms with van der Waals surface area (Å²) in [6.45, 7) is 8.32. The molecule has 0 aliphatic heterocycles. The van der Waals surface area contributed by atoms with Crippen LogP contribution < -0.4 is 14.4 Å². The fraction of sp³-hybridized carbons (Fsp3) is 0.526. The van der Waals surface area contributed by atoms with Gasteiger partial charge in [0.25, 0.3) is 0 Å². The van der Waals surface area contributed by atoms with Crippen LogP contribution in [0.4, 0.5) is 34.1 Å². The molecule has 0 aromatic heterocycles. The quantitative estimate of drug-likeness (QED) is 0.0520. The molecule has 0 amide bonds. The van der Waals surface area contributed by atoms with Gasteiger partial charge in [-0.25, -0.2) is 0 Å². The van der Waals surface area contributed by atoms with Crippen LogP contribution in [0.25, 0.3) is 0 Å². The highest BCUT2D eigenvalue weighted by Crippen LogP contribution is 2.42. The summed E-state index contributed by atoms with van der Waals surface area (Å²) >= 11 is 0. The molecule has 0 aliphatic rings. The zero-order valence-corrected chi connectivity index (χ0v) is 29.5. The number of nitrogens with zero attached hydrogens (tertiary/aromatic N) is 6. The number of hydrogen-bond acceptors (Lipinski definition) is 11. The molecular weight excluding hydrogens is 620 g/mol. The first-order chi connectivity index (χ1) is 24.0. The lowest BCUT2D eigenvalue weighted by Gasteiger charge is -2.26. The maximum absolute atomic E-state index is 10.7. The van der Waals surface area contributed by atoms with E-state index in [0.717, 1.165) is 24.3 Å². The molecule has 0 saturated carbocycles. The molecule has 11 heteroatoms. The number of nitroso groups, excluding NO2 is 1. The molecule has 0 unspecified atom stereocenters. The van der Waals surface area contributed by atoms with Gasteiger partial charge in [-0.05, 0) is 73.0 Å². The van der Waals surface area contributed by atoms with Gasteiger partial charge in [0.05, 0.1) is 24.6 Å². The fourth-order valence-electron chi connectivity index (χ4n) is 5.34. The molecule has 266 valence electrons. The van der Waals surface area contributed by atoms with Gasteiger partial charge in [0.15, 0.2) is 0 Å². The van der Waals surface area contributed by atoms with Gasteiger partial charge < -0.3 is 24.6 Å². The predicted octanol–water partition coefficient (Wildman–Crippen LogP) is 11.1. The van der Waals surface area contributed by atoms with Crippen molar-refractivity contribution in [2.24, 2.45) is 25.6 Å². The summed E-state index contributed by atoms with van der Waals surface area (Å²) in [6, 6.07) is 15.9. The number of anilines is 1. The summed E-state index contributed by atoms with van der Waals surface area (Å²) < 4.78 is 11.6. The molecule has 11 nitrogen and oxygen atoms in total. The molecule has 0 saturated heterocycles. The van der Waals surface area contributed by atoms with E-state index in [9.17, 15) is 15.1 Å². The second-order valence-electron chi connectivity index (χ2n) is 12.1. The maximum atomic E-state index is 10.7. The Kier molecular flexibility index (Phi) is 18.6. The van der Waals surface area contributed by atoms with Crippen molar-refractivity contribution in [1.82, 2.24) is 0 Å². The second kappa shape index (κ2) is 23.2. The number of aryl methyl sites for hydroxylation is 1. The molecule has 49 heavy (non-hydrogen) atoms. The molecule has 0 spiro atoms. The van der Waals surface area contributed by atoms with Crippen LogP contribution in [0.3, 0.4) is 0 Å². The summed E-state index contributed by atoms with van der Waals surface area (Å²) in [4.78, 5) is 13.3. The highest BCUT2D eigenvalue weighted by molar-refractivity contribution is 5.67. The van der Waals surface area contributed by atoms with Crippen molar-refractivity contribution in [2.75, 3.05) is 44.4 Å². The first-order valence-corrected chi connectivity index (χ1v) is 17.8. The summed E-state index contributed by atoms with van der Waals surface area (Å²) in [5.74, 6) is 0.664. The number of aliphatic hydroxyl groups is 2. The second-order valence-corrected chi connectivity index (χ2v) is 12.1. The van der Waals surface area contributed by atoms with Gasteiger partial charge in [-0.3, -0.25) is 0 Å². The van der Waals surface area contributed by atoms with Crippen LogP contribution in [0.1, 0.15) is 90.0 Å². The molecule has 3 aromatic rings. The van der Waals surface area contributed by atoms with Crippen molar-refractivity contribution in [1.29, 1.82) is 0 Å². The third-order valence-corrected chi connectivity index (χ3v) is 8.09. The van der Waals surface area contributed by atoms with Gasteiger partial charge in [0.2, 0.25) is 0 Å². The SMILES string of the molecule is CCCCCCCCN(CCCCCCC)c1ccc(N=Nc2cc(OCCO)c(N=Nc3ccc(N=O)cc3)cc2OCCO)c(C)c1. The molecule has 3 aromatic carbocycles. The molecule has 0 aliphatic carbocycles. The topological polar surface area (TPSA) is 141 Å². The largest absolute Gasteiger partial charge is 0.489 e. The fourth-order valence-corrected chi connectivity index (χ4v) is 5.34. The monoisotopic (exact) mass is 674 g/mol. The van der Waals surface area contributed by atoms with E-state index in [1.54, 1.807) is 36.4 Å². The molecule has 2 N–H and O–H groups in total. The van der Waals surface area contributed by atoms with Gasteiger partial charge in [0, 0.05) is 30.9 Å². The lowest BCUT2D eigenvalue weighted by molar-refractivity contribution is 0.198. The van der Waals surface area contributed by atoms with Crippen LogP contribution >= 0.6 is 0 Å². The lowest BCUT2D eigenvalue weighted by Crippen LogP contribution is -2.25. The van der Waals surface area contributed by atoms with Crippen LogP contribution in [0.15, 0.2) is 80.2 Å². The van der Waals surface area contributed by atoms with Gasteiger partial charge in [-0.2, -0.15) is 10.2 Å². The third-order valence-electron chi connectivity index (χ3n) is 8.09. The Morgan fingerprint density at radius 3 is 1.59 bits per heavy atom. The van der Waals surface area contributed by atoms with Crippen molar-refractivity contribution < 1.29 is 19.7 Å². The number of benzene rings is 3. The Morgan fingerprint density at radius 2 is 1.08 bits per heavy atom. The van der Waals surface area contributed by atoms with Crippen molar-refractivity contribution in [2.45, 2.75) is 91.4 Å². The number of azo groups is 2. The Bertz CT molecular complexity index is 1450. The van der Waals surface area contributed by atoms with E-state index >= 15 is 0 Å². The minimum Gasteiger partial charge on any atom is -0.489 e.